The molecule has 6 heteroatoms. The van der Waals surface area contributed by atoms with E-state index in [1.54, 1.807) is 19.3 Å². The zero-order chi connectivity index (χ0) is 19.2. The molecule has 0 unspecified atom stereocenters. The Morgan fingerprint density at radius 1 is 1.07 bits per heavy atom. The summed E-state index contributed by atoms with van der Waals surface area (Å²) in [5, 5.41) is 0. The summed E-state index contributed by atoms with van der Waals surface area (Å²) in [7, 11) is 0. The molecule has 0 saturated carbocycles. The molecule has 3 rings (SSSR count). The SMILES string of the molecule is CCN(Cc1ccccc1)C(=O)c1cncc(N2CCN(C(C)=O)CC2)c1. The van der Waals surface area contributed by atoms with Gasteiger partial charge in [0.2, 0.25) is 5.91 Å². The largest absolute Gasteiger partial charge is 0.367 e. The van der Waals surface area contributed by atoms with Crippen molar-refractivity contribution in [2.75, 3.05) is 37.6 Å². The molecule has 0 radical (unpaired) electrons. The van der Waals surface area contributed by atoms with Crippen LogP contribution in [0.1, 0.15) is 29.8 Å². The molecule has 1 aromatic heterocycles. The van der Waals surface area contributed by atoms with Crippen LogP contribution in [0.2, 0.25) is 0 Å². The number of hydrogen-bond acceptors (Lipinski definition) is 4. The maximum Gasteiger partial charge on any atom is 0.255 e. The number of carbonyl (C=O) groups excluding carboxylic acids is 2. The lowest BCUT2D eigenvalue weighted by atomic mass is 10.1. The lowest BCUT2D eigenvalue weighted by molar-refractivity contribution is -0.129. The summed E-state index contributed by atoms with van der Waals surface area (Å²) in [5.74, 6) is 0.0919. The van der Waals surface area contributed by atoms with Crippen molar-refractivity contribution in [2.45, 2.75) is 20.4 Å². The molecule has 0 N–H and O–H groups in total. The number of aromatic nitrogens is 1. The van der Waals surface area contributed by atoms with E-state index in [0.717, 1.165) is 24.3 Å². The molecule has 1 aromatic carbocycles. The monoisotopic (exact) mass is 366 g/mol. The number of carbonyl (C=O) groups is 2. The van der Waals surface area contributed by atoms with E-state index in [2.05, 4.69) is 9.88 Å². The molecule has 2 amide bonds. The highest BCUT2D eigenvalue weighted by atomic mass is 16.2. The van der Waals surface area contributed by atoms with Gasteiger partial charge in [-0.2, -0.15) is 0 Å². The van der Waals surface area contributed by atoms with Crippen molar-refractivity contribution >= 4 is 17.5 Å². The highest BCUT2D eigenvalue weighted by Crippen LogP contribution is 2.18. The van der Waals surface area contributed by atoms with Gasteiger partial charge in [-0.1, -0.05) is 30.3 Å². The van der Waals surface area contributed by atoms with E-state index in [0.29, 0.717) is 31.7 Å². The van der Waals surface area contributed by atoms with Crippen LogP contribution >= 0.6 is 0 Å². The van der Waals surface area contributed by atoms with Crippen LogP contribution in [0.15, 0.2) is 48.8 Å². The maximum atomic E-state index is 13.0. The molecular weight excluding hydrogens is 340 g/mol. The fourth-order valence-electron chi connectivity index (χ4n) is 3.31. The molecule has 1 saturated heterocycles. The number of piperazine rings is 1. The molecule has 1 fully saturated rings. The van der Waals surface area contributed by atoms with Crippen LogP contribution in [0.3, 0.4) is 0 Å². The zero-order valence-electron chi connectivity index (χ0n) is 16.0. The summed E-state index contributed by atoms with van der Waals surface area (Å²) < 4.78 is 0. The number of anilines is 1. The summed E-state index contributed by atoms with van der Waals surface area (Å²) in [6.45, 7) is 7.70. The first-order chi connectivity index (χ1) is 13.1. The first-order valence-corrected chi connectivity index (χ1v) is 9.37. The van der Waals surface area contributed by atoms with Crippen molar-refractivity contribution in [3.05, 3.63) is 59.9 Å². The molecule has 0 bridgehead atoms. The van der Waals surface area contributed by atoms with Crippen LogP contribution < -0.4 is 4.90 Å². The molecule has 0 atom stereocenters. The fraction of sp³-hybridized carbons (Fsp3) is 0.381. The fourth-order valence-corrected chi connectivity index (χ4v) is 3.31. The van der Waals surface area contributed by atoms with E-state index < -0.39 is 0 Å². The van der Waals surface area contributed by atoms with Gasteiger partial charge in [0.1, 0.15) is 0 Å². The summed E-state index contributed by atoms with van der Waals surface area (Å²) in [6.07, 6.45) is 3.42. The van der Waals surface area contributed by atoms with Crippen molar-refractivity contribution in [3.8, 4) is 0 Å². The maximum absolute atomic E-state index is 13.0. The topological polar surface area (TPSA) is 56.8 Å². The number of amides is 2. The minimum absolute atomic E-state index is 0.0157. The van der Waals surface area contributed by atoms with Gasteiger partial charge in [0, 0.05) is 52.4 Å². The zero-order valence-corrected chi connectivity index (χ0v) is 16.0. The number of hydrogen-bond donors (Lipinski definition) is 0. The Hall–Kier alpha value is -2.89. The van der Waals surface area contributed by atoms with Crippen LogP contribution in [0.25, 0.3) is 0 Å². The van der Waals surface area contributed by atoms with Crippen LogP contribution in [-0.2, 0) is 11.3 Å². The summed E-state index contributed by atoms with van der Waals surface area (Å²) >= 11 is 0. The van der Waals surface area contributed by atoms with Crippen LogP contribution in [0.4, 0.5) is 5.69 Å². The van der Waals surface area contributed by atoms with Gasteiger partial charge in [-0.15, -0.1) is 0 Å². The van der Waals surface area contributed by atoms with Gasteiger partial charge in [-0.25, -0.2) is 0 Å². The third kappa shape index (κ3) is 4.64. The van der Waals surface area contributed by atoms with Gasteiger partial charge in [0.25, 0.3) is 5.91 Å². The lowest BCUT2D eigenvalue weighted by Crippen LogP contribution is -2.48. The molecule has 27 heavy (non-hydrogen) atoms. The van der Waals surface area contributed by atoms with Crippen LogP contribution in [0.5, 0.6) is 0 Å². The molecule has 1 aliphatic heterocycles. The molecule has 0 spiro atoms. The van der Waals surface area contributed by atoms with Gasteiger partial charge < -0.3 is 14.7 Å². The minimum atomic E-state index is -0.0157. The van der Waals surface area contributed by atoms with E-state index in [-0.39, 0.29) is 11.8 Å². The lowest BCUT2D eigenvalue weighted by Gasteiger charge is -2.35. The van der Waals surface area contributed by atoms with Gasteiger partial charge >= 0.3 is 0 Å². The van der Waals surface area contributed by atoms with Crippen LogP contribution in [0, 0.1) is 0 Å². The molecule has 0 aliphatic carbocycles. The first-order valence-electron chi connectivity index (χ1n) is 9.37. The highest BCUT2D eigenvalue weighted by molar-refractivity contribution is 5.94. The Bertz CT molecular complexity index is 786. The Morgan fingerprint density at radius 2 is 1.78 bits per heavy atom. The number of rotatable bonds is 5. The van der Waals surface area contributed by atoms with Gasteiger partial charge in [-0.3, -0.25) is 14.6 Å². The molecule has 6 nitrogen and oxygen atoms in total. The van der Waals surface area contributed by atoms with E-state index in [9.17, 15) is 9.59 Å². The van der Waals surface area contributed by atoms with E-state index in [4.69, 9.17) is 0 Å². The van der Waals surface area contributed by atoms with E-state index >= 15 is 0 Å². The van der Waals surface area contributed by atoms with E-state index in [1.807, 2.05) is 53.1 Å². The van der Waals surface area contributed by atoms with Gasteiger partial charge in [-0.05, 0) is 18.6 Å². The first kappa shape index (κ1) is 18.9. The van der Waals surface area contributed by atoms with Crippen LogP contribution in [-0.4, -0.2) is 59.3 Å². The molecule has 142 valence electrons. The third-order valence-electron chi connectivity index (χ3n) is 4.95. The predicted molar refractivity (Wildman–Crippen MR) is 106 cm³/mol. The number of pyridine rings is 1. The second-order valence-electron chi connectivity index (χ2n) is 6.73. The normalized spacial score (nSPS) is 14.1. The number of nitrogens with zero attached hydrogens (tertiary/aromatic N) is 4. The third-order valence-corrected chi connectivity index (χ3v) is 4.95. The van der Waals surface area contributed by atoms with Gasteiger partial charge in [0.05, 0.1) is 17.4 Å². The predicted octanol–water partition coefficient (Wildman–Crippen LogP) is 2.41. The second-order valence-corrected chi connectivity index (χ2v) is 6.73. The highest BCUT2D eigenvalue weighted by Gasteiger charge is 2.21. The summed E-state index contributed by atoms with van der Waals surface area (Å²) in [5.41, 5.74) is 2.64. The Kier molecular flexibility index (Phi) is 6.06. The molecule has 1 aliphatic rings. The van der Waals surface area contributed by atoms with Crippen molar-refractivity contribution in [3.63, 3.8) is 0 Å². The molecule has 2 heterocycles. The Labute approximate surface area is 160 Å². The standard InChI is InChI=1S/C21H26N4O2/c1-3-23(16-18-7-5-4-6-8-18)21(27)19-13-20(15-22-14-19)25-11-9-24(10-12-25)17(2)26/h4-8,13-15H,3,9-12,16H2,1-2H3. The average Bonchev–Trinajstić information content (AvgIpc) is 2.72. The van der Waals surface area contributed by atoms with Crippen molar-refractivity contribution < 1.29 is 9.59 Å². The Balaban J connectivity index is 1.70. The van der Waals surface area contributed by atoms with Gasteiger partial charge in [0.15, 0.2) is 0 Å². The van der Waals surface area contributed by atoms with Crippen molar-refractivity contribution in [2.24, 2.45) is 0 Å². The molecular formula is C21H26N4O2. The molecule has 2 aromatic rings. The average molecular weight is 366 g/mol. The summed E-state index contributed by atoms with van der Waals surface area (Å²) in [6, 6.07) is 11.9. The Morgan fingerprint density at radius 3 is 2.41 bits per heavy atom. The van der Waals surface area contributed by atoms with Crippen molar-refractivity contribution in [1.82, 2.24) is 14.8 Å². The smallest absolute Gasteiger partial charge is 0.255 e. The number of benzene rings is 1. The quantitative estimate of drug-likeness (QED) is 0.815. The minimum Gasteiger partial charge on any atom is -0.367 e. The second kappa shape index (κ2) is 8.66. The van der Waals surface area contributed by atoms with Crippen molar-refractivity contribution in [1.29, 1.82) is 0 Å². The van der Waals surface area contributed by atoms with E-state index in [1.165, 1.54) is 0 Å². The summed E-state index contributed by atoms with van der Waals surface area (Å²) in [4.78, 5) is 34.6.